The fraction of sp³-hybridized carbons (Fsp3) is 0.526. The summed E-state index contributed by atoms with van der Waals surface area (Å²) in [6.07, 6.45) is 6.87. The molecule has 2 heterocycles. The van der Waals surface area contributed by atoms with Crippen LogP contribution in [-0.4, -0.2) is 40.5 Å². The van der Waals surface area contributed by atoms with Crippen molar-refractivity contribution in [2.24, 2.45) is 0 Å². The highest BCUT2D eigenvalue weighted by molar-refractivity contribution is 5.91. The van der Waals surface area contributed by atoms with E-state index in [2.05, 4.69) is 20.9 Å². The van der Waals surface area contributed by atoms with Gasteiger partial charge in [-0.25, -0.2) is 9.07 Å². The standard InChI is InChI=1S/C19H24FN5O.ClH/c20-15-4-2-14(3-5-15)19(8-1-9-19)13-22-18(26)17-12-25(24-23-17)16-6-10-21-11-7-16;/h2-5,12,16,21H,1,6-11,13H2,(H,22,26);1H. The number of benzene rings is 1. The van der Waals surface area contributed by atoms with Gasteiger partial charge in [-0.05, 0) is 56.5 Å². The van der Waals surface area contributed by atoms with Crippen molar-refractivity contribution >= 4 is 18.3 Å². The Morgan fingerprint density at radius 3 is 2.59 bits per heavy atom. The first-order valence-electron chi connectivity index (χ1n) is 9.33. The minimum absolute atomic E-state index is 0. The first-order valence-corrected chi connectivity index (χ1v) is 9.33. The molecule has 27 heavy (non-hydrogen) atoms. The monoisotopic (exact) mass is 393 g/mol. The number of nitrogens with zero attached hydrogens (tertiary/aromatic N) is 3. The molecule has 1 aromatic heterocycles. The van der Waals surface area contributed by atoms with Crippen molar-refractivity contribution < 1.29 is 9.18 Å². The molecule has 6 nitrogen and oxygen atoms in total. The molecule has 0 bridgehead atoms. The number of halogens is 2. The Morgan fingerprint density at radius 2 is 1.96 bits per heavy atom. The summed E-state index contributed by atoms with van der Waals surface area (Å²) in [6.45, 7) is 2.47. The van der Waals surface area contributed by atoms with Crippen molar-refractivity contribution in [3.05, 3.63) is 47.5 Å². The van der Waals surface area contributed by atoms with Gasteiger partial charge in [-0.2, -0.15) is 0 Å². The topological polar surface area (TPSA) is 71.8 Å². The van der Waals surface area contributed by atoms with E-state index in [0.29, 0.717) is 18.3 Å². The van der Waals surface area contributed by atoms with Gasteiger partial charge in [0.25, 0.3) is 5.91 Å². The van der Waals surface area contributed by atoms with E-state index >= 15 is 0 Å². The number of piperidine rings is 1. The maximum absolute atomic E-state index is 13.2. The molecule has 0 spiro atoms. The fourth-order valence-electron chi connectivity index (χ4n) is 3.94. The molecule has 1 amide bonds. The molecule has 1 saturated heterocycles. The summed E-state index contributed by atoms with van der Waals surface area (Å²) in [5, 5.41) is 14.5. The van der Waals surface area contributed by atoms with E-state index in [1.54, 1.807) is 6.20 Å². The van der Waals surface area contributed by atoms with Crippen molar-refractivity contribution in [1.29, 1.82) is 0 Å². The number of carbonyl (C=O) groups excluding carboxylic acids is 1. The summed E-state index contributed by atoms with van der Waals surface area (Å²) in [7, 11) is 0. The molecule has 1 aliphatic heterocycles. The zero-order valence-electron chi connectivity index (χ0n) is 15.2. The summed E-state index contributed by atoms with van der Waals surface area (Å²) < 4.78 is 15.0. The average Bonchev–Trinajstić information content (AvgIpc) is 3.13. The number of carbonyl (C=O) groups is 1. The van der Waals surface area contributed by atoms with Crippen LogP contribution in [0.4, 0.5) is 4.39 Å². The molecule has 146 valence electrons. The molecular formula is C19H25ClFN5O. The molecule has 0 unspecified atom stereocenters. The highest BCUT2D eigenvalue weighted by Crippen LogP contribution is 2.43. The number of hydrogen-bond donors (Lipinski definition) is 2. The summed E-state index contributed by atoms with van der Waals surface area (Å²) in [5.41, 5.74) is 1.36. The zero-order valence-corrected chi connectivity index (χ0v) is 16.0. The van der Waals surface area contributed by atoms with Crippen LogP contribution in [0.2, 0.25) is 0 Å². The van der Waals surface area contributed by atoms with Gasteiger partial charge >= 0.3 is 0 Å². The van der Waals surface area contributed by atoms with E-state index in [-0.39, 0.29) is 29.5 Å². The summed E-state index contributed by atoms with van der Waals surface area (Å²) in [4.78, 5) is 12.5. The number of nitrogens with one attached hydrogen (secondary N) is 2. The average molecular weight is 394 g/mol. The minimum Gasteiger partial charge on any atom is -0.350 e. The van der Waals surface area contributed by atoms with Crippen LogP contribution in [0.1, 0.15) is 54.2 Å². The third-order valence-corrected chi connectivity index (χ3v) is 5.78. The van der Waals surface area contributed by atoms with Gasteiger partial charge in [0, 0.05) is 12.0 Å². The normalized spacial score (nSPS) is 19.0. The lowest BCUT2D eigenvalue weighted by Crippen LogP contribution is -2.45. The van der Waals surface area contributed by atoms with Gasteiger partial charge in [-0.15, -0.1) is 17.5 Å². The van der Waals surface area contributed by atoms with Crippen LogP contribution in [0.15, 0.2) is 30.5 Å². The molecule has 0 atom stereocenters. The number of rotatable bonds is 5. The van der Waals surface area contributed by atoms with Crippen molar-refractivity contribution in [2.45, 2.75) is 43.6 Å². The van der Waals surface area contributed by atoms with Gasteiger partial charge in [0.15, 0.2) is 5.69 Å². The number of aromatic nitrogens is 3. The Kier molecular flexibility index (Phi) is 6.11. The van der Waals surface area contributed by atoms with Crippen molar-refractivity contribution in [3.63, 3.8) is 0 Å². The van der Waals surface area contributed by atoms with Gasteiger partial charge in [-0.1, -0.05) is 23.8 Å². The van der Waals surface area contributed by atoms with Crippen LogP contribution in [0.25, 0.3) is 0 Å². The van der Waals surface area contributed by atoms with E-state index in [9.17, 15) is 9.18 Å². The molecular weight excluding hydrogens is 369 g/mol. The van der Waals surface area contributed by atoms with Crippen LogP contribution in [0, 0.1) is 5.82 Å². The quantitative estimate of drug-likeness (QED) is 0.819. The van der Waals surface area contributed by atoms with Crippen LogP contribution in [-0.2, 0) is 5.41 Å². The van der Waals surface area contributed by atoms with E-state index in [4.69, 9.17) is 0 Å². The van der Waals surface area contributed by atoms with Crippen LogP contribution in [0.3, 0.4) is 0 Å². The van der Waals surface area contributed by atoms with Gasteiger partial charge in [0.05, 0.1) is 12.2 Å². The van der Waals surface area contributed by atoms with Crippen molar-refractivity contribution in [1.82, 2.24) is 25.6 Å². The third kappa shape index (κ3) is 4.14. The van der Waals surface area contributed by atoms with E-state index in [0.717, 1.165) is 50.8 Å². The van der Waals surface area contributed by atoms with Crippen molar-refractivity contribution in [3.8, 4) is 0 Å². The van der Waals surface area contributed by atoms with Crippen molar-refractivity contribution in [2.75, 3.05) is 19.6 Å². The van der Waals surface area contributed by atoms with E-state index in [1.165, 1.54) is 12.1 Å². The molecule has 2 aromatic rings. The zero-order chi connectivity index (χ0) is 18.0. The molecule has 1 aliphatic carbocycles. The first kappa shape index (κ1) is 19.8. The highest BCUT2D eigenvalue weighted by Gasteiger charge is 2.39. The van der Waals surface area contributed by atoms with Gasteiger partial charge in [0.1, 0.15) is 5.82 Å². The molecule has 2 aliphatic rings. The van der Waals surface area contributed by atoms with E-state index < -0.39 is 0 Å². The molecule has 4 rings (SSSR count). The molecule has 1 aromatic carbocycles. The molecule has 8 heteroatoms. The second-order valence-corrected chi connectivity index (χ2v) is 7.39. The highest BCUT2D eigenvalue weighted by atomic mass is 35.5. The Balaban J connectivity index is 0.00000210. The number of hydrogen-bond acceptors (Lipinski definition) is 4. The summed E-state index contributed by atoms with van der Waals surface area (Å²) in [6, 6.07) is 6.94. The van der Waals surface area contributed by atoms with Gasteiger partial charge in [0.2, 0.25) is 0 Å². The maximum atomic E-state index is 13.2. The third-order valence-electron chi connectivity index (χ3n) is 5.78. The van der Waals surface area contributed by atoms with E-state index in [1.807, 2.05) is 16.8 Å². The largest absolute Gasteiger partial charge is 0.350 e. The predicted molar refractivity (Wildman–Crippen MR) is 103 cm³/mol. The van der Waals surface area contributed by atoms with Crippen LogP contribution < -0.4 is 10.6 Å². The Bertz CT molecular complexity index is 769. The van der Waals surface area contributed by atoms with Gasteiger partial charge < -0.3 is 10.6 Å². The number of amides is 1. The SMILES string of the molecule is Cl.O=C(NCC1(c2ccc(F)cc2)CCC1)c1cn(C2CCNCC2)nn1. The predicted octanol–water partition coefficient (Wildman–Crippen LogP) is 2.62. The Labute approximate surface area is 164 Å². The molecule has 1 saturated carbocycles. The van der Waals surface area contributed by atoms with Crippen LogP contribution >= 0.6 is 12.4 Å². The minimum atomic E-state index is -0.234. The smallest absolute Gasteiger partial charge is 0.273 e. The van der Waals surface area contributed by atoms with Gasteiger partial charge in [-0.3, -0.25) is 4.79 Å². The Morgan fingerprint density at radius 1 is 1.26 bits per heavy atom. The lowest BCUT2D eigenvalue weighted by atomic mass is 9.64. The van der Waals surface area contributed by atoms with Crippen LogP contribution in [0.5, 0.6) is 0 Å². The fourth-order valence-corrected chi connectivity index (χ4v) is 3.94. The Hall–Kier alpha value is -1.99. The second kappa shape index (κ2) is 8.35. The lowest BCUT2D eigenvalue weighted by molar-refractivity contribution is 0.0922. The lowest BCUT2D eigenvalue weighted by Gasteiger charge is -2.42. The second-order valence-electron chi connectivity index (χ2n) is 7.39. The summed E-state index contributed by atoms with van der Waals surface area (Å²) >= 11 is 0. The maximum Gasteiger partial charge on any atom is 0.273 e. The molecule has 2 fully saturated rings. The first-order chi connectivity index (χ1) is 12.7. The summed E-state index contributed by atoms with van der Waals surface area (Å²) in [5.74, 6) is -0.430. The molecule has 0 radical (unpaired) electrons. The molecule has 2 N–H and O–H groups in total.